The summed E-state index contributed by atoms with van der Waals surface area (Å²) in [5, 5.41) is 6.65. The first-order valence-electron chi connectivity index (χ1n) is 7.58. The molecule has 0 aliphatic carbocycles. The molecule has 0 aromatic heterocycles. The zero-order valence-electron chi connectivity index (χ0n) is 14.5. The topological polar surface area (TPSA) is 45.7 Å². The molecule has 0 aliphatic rings. The van der Waals surface area contributed by atoms with Crippen LogP contribution < -0.4 is 10.6 Å². The van der Waals surface area contributed by atoms with Gasteiger partial charge in [0.15, 0.2) is 5.96 Å². The molecular formula is C17H30IN3O. The molecule has 1 rings (SSSR count). The van der Waals surface area contributed by atoms with E-state index in [0.717, 1.165) is 38.5 Å². The quantitative estimate of drug-likeness (QED) is 0.309. The zero-order chi connectivity index (χ0) is 15.7. The van der Waals surface area contributed by atoms with Crippen molar-refractivity contribution in [1.29, 1.82) is 0 Å². The van der Waals surface area contributed by atoms with E-state index < -0.39 is 0 Å². The highest BCUT2D eigenvalue weighted by molar-refractivity contribution is 14.0. The van der Waals surface area contributed by atoms with Gasteiger partial charge >= 0.3 is 0 Å². The van der Waals surface area contributed by atoms with Gasteiger partial charge in [-0.2, -0.15) is 0 Å². The Bertz CT molecular complexity index is 452. The molecule has 0 radical (unpaired) electrons. The van der Waals surface area contributed by atoms with Crippen molar-refractivity contribution < 1.29 is 4.74 Å². The van der Waals surface area contributed by atoms with E-state index in [-0.39, 0.29) is 24.0 Å². The molecule has 0 saturated carbocycles. The van der Waals surface area contributed by atoms with Gasteiger partial charge in [-0.1, -0.05) is 17.7 Å². The Balaban J connectivity index is 0.00000441. The van der Waals surface area contributed by atoms with E-state index in [0.29, 0.717) is 0 Å². The van der Waals surface area contributed by atoms with Crippen LogP contribution in [0.1, 0.15) is 28.7 Å². The van der Waals surface area contributed by atoms with Gasteiger partial charge in [0.05, 0.1) is 0 Å². The van der Waals surface area contributed by atoms with Gasteiger partial charge in [0.1, 0.15) is 0 Å². The summed E-state index contributed by atoms with van der Waals surface area (Å²) in [6, 6.07) is 4.50. The number of hydrogen-bond acceptors (Lipinski definition) is 2. The summed E-state index contributed by atoms with van der Waals surface area (Å²) in [7, 11) is 3.52. The summed E-state index contributed by atoms with van der Waals surface area (Å²) in [5.74, 6) is 0.855. The van der Waals surface area contributed by atoms with Gasteiger partial charge in [0, 0.05) is 33.9 Å². The van der Waals surface area contributed by atoms with Gasteiger partial charge in [-0.15, -0.1) is 24.0 Å². The molecule has 1 aromatic rings. The summed E-state index contributed by atoms with van der Waals surface area (Å²) in [4.78, 5) is 4.23. The van der Waals surface area contributed by atoms with Gasteiger partial charge in [-0.3, -0.25) is 4.99 Å². The molecule has 0 bridgehead atoms. The van der Waals surface area contributed by atoms with E-state index in [4.69, 9.17) is 4.74 Å². The molecule has 0 fully saturated rings. The number of halogens is 1. The molecule has 0 spiro atoms. The number of aryl methyl sites for hydroxylation is 3. The molecule has 22 heavy (non-hydrogen) atoms. The van der Waals surface area contributed by atoms with E-state index in [9.17, 15) is 0 Å². The van der Waals surface area contributed by atoms with Crippen molar-refractivity contribution in [2.75, 3.05) is 33.9 Å². The second-order valence-electron chi connectivity index (χ2n) is 5.40. The lowest BCUT2D eigenvalue weighted by molar-refractivity contribution is 0.195. The number of hydrogen-bond donors (Lipinski definition) is 2. The summed E-state index contributed by atoms with van der Waals surface area (Å²) >= 11 is 0. The Labute approximate surface area is 152 Å². The van der Waals surface area contributed by atoms with Crippen LogP contribution in [0.2, 0.25) is 0 Å². The number of rotatable bonds is 7. The van der Waals surface area contributed by atoms with Crippen LogP contribution in [-0.4, -0.2) is 39.8 Å². The van der Waals surface area contributed by atoms with Crippen molar-refractivity contribution >= 4 is 29.9 Å². The first-order valence-corrected chi connectivity index (χ1v) is 7.58. The van der Waals surface area contributed by atoms with Gasteiger partial charge in [-0.05, 0) is 50.3 Å². The van der Waals surface area contributed by atoms with E-state index in [1.165, 1.54) is 22.3 Å². The van der Waals surface area contributed by atoms with Crippen LogP contribution in [0.5, 0.6) is 0 Å². The molecule has 0 saturated heterocycles. The number of nitrogens with zero attached hydrogens (tertiary/aromatic N) is 1. The van der Waals surface area contributed by atoms with Crippen LogP contribution >= 0.6 is 24.0 Å². The van der Waals surface area contributed by atoms with Crippen molar-refractivity contribution in [1.82, 2.24) is 10.6 Å². The fourth-order valence-corrected chi connectivity index (χ4v) is 2.55. The molecule has 126 valence electrons. The first-order chi connectivity index (χ1) is 10.1. The lowest BCUT2D eigenvalue weighted by atomic mass is 9.97. The predicted molar refractivity (Wildman–Crippen MR) is 106 cm³/mol. The van der Waals surface area contributed by atoms with Crippen LogP contribution in [0.25, 0.3) is 0 Å². The number of benzene rings is 1. The van der Waals surface area contributed by atoms with Crippen LogP contribution in [0.4, 0.5) is 0 Å². The van der Waals surface area contributed by atoms with E-state index in [1.807, 2.05) is 0 Å². The predicted octanol–water partition coefficient (Wildman–Crippen LogP) is 2.97. The maximum absolute atomic E-state index is 5.03. The summed E-state index contributed by atoms with van der Waals surface area (Å²) in [6.45, 7) is 9.05. The average molecular weight is 419 g/mol. The third-order valence-electron chi connectivity index (χ3n) is 3.55. The highest BCUT2D eigenvalue weighted by Crippen LogP contribution is 2.16. The van der Waals surface area contributed by atoms with Gasteiger partial charge in [0.25, 0.3) is 0 Å². The molecule has 1 aromatic carbocycles. The molecule has 0 unspecified atom stereocenters. The van der Waals surface area contributed by atoms with Crippen LogP contribution in [0.15, 0.2) is 17.1 Å². The largest absolute Gasteiger partial charge is 0.385 e. The van der Waals surface area contributed by atoms with Gasteiger partial charge in [0.2, 0.25) is 0 Å². The number of ether oxygens (including phenoxy) is 1. The molecule has 5 heteroatoms. The minimum atomic E-state index is 0. The van der Waals surface area contributed by atoms with E-state index in [1.54, 1.807) is 14.2 Å². The number of nitrogens with one attached hydrogen (secondary N) is 2. The van der Waals surface area contributed by atoms with Crippen molar-refractivity contribution in [3.05, 3.63) is 34.4 Å². The van der Waals surface area contributed by atoms with Gasteiger partial charge < -0.3 is 15.4 Å². The minimum Gasteiger partial charge on any atom is -0.385 e. The molecule has 0 amide bonds. The van der Waals surface area contributed by atoms with Crippen molar-refractivity contribution in [3.8, 4) is 0 Å². The highest BCUT2D eigenvalue weighted by atomic mass is 127. The summed E-state index contributed by atoms with van der Waals surface area (Å²) < 4.78 is 5.03. The van der Waals surface area contributed by atoms with Crippen LogP contribution in [0.3, 0.4) is 0 Å². The Kier molecular flexibility index (Phi) is 11.3. The molecule has 4 nitrogen and oxygen atoms in total. The zero-order valence-corrected chi connectivity index (χ0v) is 16.8. The van der Waals surface area contributed by atoms with Crippen molar-refractivity contribution in [3.63, 3.8) is 0 Å². The average Bonchev–Trinajstić information content (AvgIpc) is 2.43. The Morgan fingerprint density at radius 3 is 2.23 bits per heavy atom. The fraction of sp³-hybridized carbons (Fsp3) is 0.588. The Morgan fingerprint density at radius 2 is 1.68 bits per heavy atom. The Hall–Kier alpha value is -0.820. The standard InChI is InChI=1S/C17H29N3O.HI/c1-13-11-14(2)16(15(3)12-13)7-9-20-17(18-4)19-8-6-10-21-5;/h11-12H,6-10H2,1-5H3,(H2,18,19,20);1H. The smallest absolute Gasteiger partial charge is 0.190 e. The second kappa shape index (κ2) is 11.7. The van der Waals surface area contributed by atoms with Crippen molar-refractivity contribution in [2.24, 2.45) is 4.99 Å². The third kappa shape index (κ3) is 7.45. The molecule has 0 heterocycles. The van der Waals surface area contributed by atoms with E-state index >= 15 is 0 Å². The second-order valence-corrected chi connectivity index (χ2v) is 5.40. The first kappa shape index (κ1) is 21.2. The van der Waals surface area contributed by atoms with Crippen molar-refractivity contribution in [2.45, 2.75) is 33.6 Å². The SMILES string of the molecule is CN=C(NCCCOC)NCCc1c(C)cc(C)cc1C.I. The lowest BCUT2D eigenvalue weighted by Gasteiger charge is -2.14. The molecular weight excluding hydrogens is 389 g/mol. The summed E-state index contributed by atoms with van der Waals surface area (Å²) in [5.41, 5.74) is 5.51. The third-order valence-corrected chi connectivity index (χ3v) is 3.55. The number of aliphatic imine (C=N–C) groups is 1. The van der Waals surface area contributed by atoms with E-state index in [2.05, 4.69) is 48.5 Å². The van der Waals surface area contributed by atoms with Gasteiger partial charge in [-0.25, -0.2) is 0 Å². The fourth-order valence-electron chi connectivity index (χ4n) is 2.55. The maximum Gasteiger partial charge on any atom is 0.190 e. The normalized spacial score (nSPS) is 11.0. The molecule has 0 atom stereocenters. The number of guanidine groups is 1. The van der Waals surface area contributed by atoms with Crippen LogP contribution in [0, 0.1) is 20.8 Å². The highest BCUT2D eigenvalue weighted by Gasteiger charge is 2.04. The maximum atomic E-state index is 5.03. The van der Waals surface area contributed by atoms with Crippen LogP contribution in [-0.2, 0) is 11.2 Å². The monoisotopic (exact) mass is 419 g/mol. The molecule has 2 N–H and O–H groups in total. The summed E-state index contributed by atoms with van der Waals surface area (Å²) in [6.07, 6.45) is 1.99. The lowest BCUT2D eigenvalue weighted by Crippen LogP contribution is -2.39. The number of methoxy groups -OCH3 is 1. The minimum absolute atomic E-state index is 0. The Morgan fingerprint density at radius 1 is 1.09 bits per heavy atom. The molecule has 0 aliphatic heterocycles.